The number of nitrogens with zero attached hydrogens (tertiary/aromatic N) is 3. The van der Waals surface area contributed by atoms with Gasteiger partial charge in [-0.25, -0.2) is 4.98 Å². The molecule has 8 nitrogen and oxygen atoms in total. The number of allylic oxidation sites excluding steroid dienone is 1. The Kier molecular flexibility index (Phi) is 3.40. The molecular formula is C18H11N3O5. The molecule has 0 amide bonds. The summed E-state index contributed by atoms with van der Waals surface area (Å²) >= 11 is 0. The number of benzene rings is 2. The van der Waals surface area contributed by atoms with Crippen molar-refractivity contribution in [3.63, 3.8) is 0 Å². The summed E-state index contributed by atoms with van der Waals surface area (Å²) in [6.45, 7) is -0.192. The molecule has 1 N–H and O–H groups in total. The van der Waals surface area contributed by atoms with Gasteiger partial charge in [-0.1, -0.05) is 24.3 Å². The average Bonchev–Trinajstić information content (AvgIpc) is 2.98. The summed E-state index contributed by atoms with van der Waals surface area (Å²) in [5, 5.41) is 22.1. The number of aliphatic hydroxyl groups is 1. The number of Topliss-reactive ketones (excluding diaryl/α,β-unsaturated/α-hetero) is 1. The molecule has 1 aromatic heterocycles. The Morgan fingerprint density at radius 1 is 1.12 bits per heavy atom. The van der Waals surface area contributed by atoms with Crippen LogP contribution in [0.5, 0.6) is 0 Å². The normalized spacial score (nSPS) is 15.2. The topological polar surface area (TPSA) is 115 Å². The molecular weight excluding hydrogens is 338 g/mol. The number of nitro groups is 1. The highest BCUT2D eigenvalue weighted by Gasteiger charge is 2.33. The van der Waals surface area contributed by atoms with E-state index in [0.717, 1.165) is 0 Å². The number of rotatable bonds is 2. The highest BCUT2D eigenvalue weighted by Crippen LogP contribution is 2.30. The van der Waals surface area contributed by atoms with E-state index in [-0.39, 0.29) is 29.2 Å². The van der Waals surface area contributed by atoms with Crippen LogP contribution in [0.1, 0.15) is 16.2 Å². The molecule has 2 aromatic carbocycles. The second-order valence-corrected chi connectivity index (χ2v) is 5.77. The Morgan fingerprint density at radius 2 is 1.81 bits per heavy atom. The van der Waals surface area contributed by atoms with E-state index in [1.165, 1.54) is 28.8 Å². The molecule has 8 heteroatoms. The number of hydrogen-bond donors (Lipinski definition) is 1. The van der Waals surface area contributed by atoms with E-state index in [2.05, 4.69) is 4.98 Å². The van der Waals surface area contributed by atoms with Gasteiger partial charge in [0.25, 0.3) is 11.2 Å². The molecule has 0 fully saturated rings. The van der Waals surface area contributed by atoms with Gasteiger partial charge in [-0.3, -0.25) is 24.3 Å². The second-order valence-electron chi connectivity index (χ2n) is 5.77. The van der Waals surface area contributed by atoms with Crippen LogP contribution in [0.3, 0.4) is 0 Å². The first-order chi connectivity index (χ1) is 12.5. The summed E-state index contributed by atoms with van der Waals surface area (Å²) in [6.07, 6.45) is 0. The minimum atomic E-state index is -0.641. The van der Waals surface area contributed by atoms with Crippen LogP contribution in [-0.4, -0.2) is 25.4 Å². The highest BCUT2D eigenvalue weighted by molar-refractivity contribution is 6.13. The maximum Gasteiger partial charge on any atom is 0.280 e. The van der Waals surface area contributed by atoms with Gasteiger partial charge in [0.1, 0.15) is 5.76 Å². The van der Waals surface area contributed by atoms with Crippen LogP contribution in [0, 0.1) is 10.1 Å². The maximum absolute atomic E-state index is 12.7. The van der Waals surface area contributed by atoms with Crippen molar-refractivity contribution in [2.24, 2.45) is 0 Å². The van der Waals surface area contributed by atoms with Crippen molar-refractivity contribution in [2.45, 2.75) is 6.54 Å². The van der Waals surface area contributed by atoms with Crippen LogP contribution < -0.4 is 5.56 Å². The van der Waals surface area contributed by atoms with Crippen molar-refractivity contribution in [2.75, 3.05) is 0 Å². The lowest BCUT2D eigenvalue weighted by atomic mass is 10.0. The number of nitro benzene ring substituents is 1. The molecule has 0 unspecified atom stereocenters. The number of aliphatic hydroxyl groups excluding tert-OH is 1. The molecule has 0 saturated heterocycles. The lowest BCUT2D eigenvalue weighted by Crippen LogP contribution is -2.21. The fourth-order valence-corrected chi connectivity index (χ4v) is 3.03. The van der Waals surface area contributed by atoms with Crippen LogP contribution in [0.25, 0.3) is 16.7 Å². The third-order valence-corrected chi connectivity index (χ3v) is 4.30. The smallest absolute Gasteiger partial charge is 0.280 e. The largest absolute Gasteiger partial charge is 0.507 e. The van der Waals surface area contributed by atoms with E-state index in [1.807, 2.05) is 0 Å². The Bertz CT molecular complexity index is 1190. The van der Waals surface area contributed by atoms with Crippen molar-refractivity contribution < 1.29 is 14.8 Å². The van der Waals surface area contributed by atoms with Crippen molar-refractivity contribution in [3.8, 4) is 0 Å². The molecule has 4 rings (SSSR count). The molecule has 0 aliphatic carbocycles. The third kappa shape index (κ3) is 2.20. The van der Waals surface area contributed by atoms with Gasteiger partial charge in [-0.15, -0.1) is 0 Å². The molecule has 0 spiro atoms. The monoisotopic (exact) mass is 349 g/mol. The molecule has 26 heavy (non-hydrogen) atoms. The van der Waals surface area contributed by atoms with Gasteiger partial charge in [0, 0.05) is 6.07 Å². The fourth-order valence-electron chi connectivity index (χ4n) is 3.03. The van der Waals surface area contributed by atoms with Gasteiger partial charge >= 0.3 is 0 Å². The van der Waals surface area contributed by atoms with Gasteiger partial charge in [0.05, 0.1) is 33.5 Å². The van der Waals surface area contributed by atoms with Gasteiger partial charge in [-0.2, -0.15) is 0 Å². The molecule has 0 radical (unpaired) electrons. The Morgan fingerprint density at radius 3 is 2.58 bits per heavy atom. The van der Waals surface area contributed by atoms with E-state index in [4.69, 9.17) is 0 Å². The minimum absolute atomic E-state index is 0.0775. The summed E-state index contributed by atoms with van der Waals surface area (Å²) < 4.78 is 1.17. The maximum atomic E-state index is 12.7. The van der Waals surface area contributed by atoms with Crippen LogP contribution in [0.2, 0.25) is 0 Å². The Balaban J connectivity index is 1.93. The number of para-hydroxylation sites is 2. The highest BCUT2D eigenvalue weighted by atomic mass is 16.6. The zero-order valence-electron chi connectivity index (χ0n) is 13.2. The first-order valence-electron chi connectivity index (χ1n) is 7.69. The molecule has 0 atom stereocenters. The number of fused-ring (bicyclic) bond motifs is 2. The first kappa shape index (κ1) is 15.7. The second kappa shape index (κ2) is 5.62. The number of carbonyl (C=O) groups is 1. The predicted octanol–water partition coefficient (Wildman–Crippen LogP) is 2.47. The number of aromatic nitrogens is 2. The number of carbonyl (C=O) groups excluding carboxylic acids is 1. The van der Waals surface area contributed by atoms with Crippen molar-refractivity contribution in [1.29, 1.82) is 0 Å². The average molecular weight is 349 g/mol. The first-order valence-corrected chi connectivity index (χ1v) is 7.69. The summed E-state index contributed by atoms with van der Waals surface area (Å²) in [5.41, 5.74) is -0.523. The molecule has 1 aliphatic rings. The van der Waals surface area contributed by atoms with E-state index >= 15 is 0 Å². The van der Waals surface area contributed by atoms with Gasteiger partial charge in [0.15, 0.2) is 5.82 Å². The lowest BCUT2D eigenvalue weighted by Gasteiger charge is -2.04. The van der Waals surface area contributed by atoms with E-state index in [9.17, 15) is 24.8 Å². The standard InChI is InChI=1S/C18H11N3O5/c22-15(11-6-2-4-8-14(11)21(25)26)12-9-20-17(16(12)23)19-13-7-3-1-5-10(13)18(20)24/h1-8,22H,9H2/b15-12+. The zero-order chi connectivity index (χ0) is 18.4. The summed E-state index contributed by atoms with van der Waals surface area (Å²) in [6, 6.07) is 12.2. The van der Waals surface area contributed by atoms with Gasteiger partial charge in [0.2, 0.25) is 5.78 Å². The number of ketones is 1. The van der Waals surface area contributed by atoms with Crippen molar-refractivity contribution >= 4 is 28.1 Å². The minimum Gasteiger partial charge on any atom is -0.507 e. The van der Waals surface area contributed by atoms with Gasteiger partial charge in [-0.05, 0) is 18.2 Å². The van der Waals surface area contributed by atoms with Gasteiger partial charge < -0.3 is 5.11 Å². The summed E-state index contributed by atoms with van der Waals surface area (Å²) in [7, 11) is 0. The Hall–Kier alpha value is -3.81. The molecule has 1 aliphatic heterocycles. The lowest BCUT2D eigenvalue weighted by molar-refractivity contribution is -0.385. The van der Waals surface area contributed by atoms with Crippen LogP contribution in [0.15, 0.2) is 58.9 Å². The van der Waals surface area contributed by atoms with Crippen molar-refractivity contribution in [3.05, 3.63) is 86.0 Å². The molecule has 0 saturated carbocycles. The van der Waals surface area contributed by atoms with Crippen LogP contribution in [-0.2, 0) is 6.54 Å². The SMILES string of the molecule is O=C1/C(=C(/O)c2ccccc2[N+](=O)[O-])Cn2c1nc1ccccc1c2=O. The fraction of sp³-hybridized carbons (Fsp3) is 0.0556. The zero-order valence-corrected chi connectivity index (χ0v) is 13.2. The molecule has 128 valence electrons. The molecule has 3 aromatic rings. The Labute approximate surface area is 145 Å². The quantitative estimate of drug-likeness (QED) is 0.329. The number of hydrogen-bond acceptors (Lipinski definition) is 6. The van der Waals surface area contributed by atoms with Crippen LogP contribution in [0.4, 0.5) is 5.69 Å². The predicted molar refractivity (Wildman–Crippen MR) is 93.0 cm³/mol. The van der Waals surface area contributed by atoms with E-state index < -0.39 is 22.0 Å². The van der Waals surface area contributed by atoms with E-state index in [1.54, 1.807) is 24.3 Å². The summed E-state index contributed by atoms with van der Waals surface area (Å²) in [4.78, 5) is 40.0. The van der Waals surface area contributed by atoms with Crippen molar-refractivity contribution in [1.82, 2.24) is 9.55 Å². The molecule has 2 heterocycles. The van der Waals surface area contributed by atoms with E-state index in [0.29, 0.717) is 10.9 Å². The molecule has 0 bridgehead atoms. The van der Waals surface area contributed by atoms with Crippen LogP contribution >= 0.6 is 0 Å². The third-order valence-electron chi connectivity index (χ3n) is 4.30. The summed E-state index contributed by atoms with van der Waals surface area (Å²) in [5.74, 6) is -1.23.